The molecule has 0 radical (unpaired) electrons. The Morgan fingerprint density at radius 3 is 2.23 bits per heavy atom. The van der Waals surface area contributed by atoms with Crippen LogP contribution in [-0.4, -0.2) is 42.9 Å². The molecule has 1 aromatic carbocycles. The molecule has 7 heteroatoms. The van der Waals surface area contributed by atoms with E-state index in [1.165, 1.54) is 17.6 Å². The van der Waals surface area contributed by atoms with Crippen LogP contribution in [0.5, 0.6) is 0 Å². The van der Waals surface area contributed by atoms with Gasteiger partial charge in [-0.1, -0.05) is 55.3 Å². The van der Waals surface area contributed by atoms with Crippen LogP contribution in [0, 0.1) is 5.92 Å². The van der Waals surface area contributed by atoms with Gasteiger partial charge in [0.25, 0.3) is 0 Å². The molecule has 1 saturated carbocycles. The zero-order valence-electron chi connectivity index (χ0n) is 18.9. The predicted octanol–water partition coefficient (Wildman–Crippen LogP) is 1.82. The first-order chi connectivity index (χ1) is 14.8. The van der Waals surface area contributed by atoms with E-state index in [-0.39, 0.29) is 24.3 Å². The van der Waals surface area contributed by atoms with Crippen LogP contribution in [0.2, 0.25) is 0 Å². The second kappa shape index (κ2) is 12.2. The molecule has 0 aliphatic heterocycles. The van der Waals surface area contributed by atoms with Crippen LogP contribution in [0.4, 0.5) is 0 Å². The quantitative estimate of drug-likeness (QED) is 0.403. The van der Waals surface area contributed by atoms with E-state index < -0.39 is 18.0 Å². The first-order valence-corrected chi connectivity index (χ1v) is 11.1. The Morgan fingerprint density at radius 2 is 1.68 bits per heavy atom. The fraction of sp³-hybridized carbons (Fsp3) is 0.542. The molecule has 1 aliphatic carbocycles. The number of carbonyl (C=O) groups excluding carboxylic acids is 3. The van der Waals surface area contributed by atoms with Crippen molar-refractivity contribution in [3.63, 3.8) is 0 Å². The lowest BCUT2D eigenvalue weighted by Crippen LogP contribution is -2.55. The summed E-state index contributed by atoms with van der Waals surface area (Å²) >= 11 is 0. The largest absolute Gasteiger partial charge is 0.351 e. The van der Waals surface area contributed by atoms with Crippen LogP contribution in [0.3, 0.4) is 0 Å². The molecule has 5 N–H and O–H groups in total. The van der Waals surface area contributed by atoms with Crippen molar-refractivity contribution in [1.82, 2.24) is 16.0 Å². The van der Waals surface area contributed by atoms with Crippen LogP contribution in [-0.2, 0) is 20.8 Å². The Hall–Kier alpha value is -2.67. The molecule has 3 amide bonds. The Labute approximate surface area is 185 Å². The van der Waals surface area contributed by atoms with Crippen molar-refractivity contribution in [1.29, 1.82) is 0 Å². The number of allylic oxidation sites excluding steroid dienone is 1. The Morgan fingerprint density at radius 1 is 1.00 bits per heavy atom. The summed E-state index contributed by atoms with van der Waals surface area (Å²) in [6.45, 7) is 6.35. The summed E-state index contributed by atoms with van der Waals surface area (Å²) in [7, 11) is 0. The zero-order chi connectivity index (χ0) is 22.8. The lowest BCUT2D eigenvalue weighted by atomic mass is 9.88. The molecule has 0 aromatic heterocycles. The van der Waals surface area contributed by atoms with Crippen LogP contribution in [0.15, 0.2) is 41.5 Å². The Bertz CT molecular complexity index is 783. The zero-order valence-corrected chi connectivity index (χ0v) is 18.9. The van der Waals surface area contributed by atoms with Gasteiger partial charge >= 0.3 is 0 Å². The van der Waals surface area contributed by atoms with Crippen molar-refractivity contribution in [2.75, 3.05) is 13.1 Å². The second-order valence-electron chi connectivity index (χ2n) is 8.66. The van der Waals surface area contributed by atoms with Gasteiger partial charge in [-0.15, -0.1) is 0 Å². The van der Waals surface area contributed by atoms with Gasteiger partial charge in [0.05, 0.1) is 6.54 Å². The van der Waals surface area contributed by atoms with Gasteiger partial charge in [0.15, 0.2) is 0 Å². The standard InChI is InChI=1S/C24H36N4O3/c1-16(2)12-20(23(30)26-15-17(3)19-10-7-11-19)28-24(31)21(27-22(29)14-25)13-18-8-5-4-6-9-18/h4-6,8-9,16,20-21H,7,10-15,25H2,1-3H3,(H,26,30)(H,27,29)(H,28,31). The number of hydrogen-bond donors (Lipinski definition) is 4. The first-order valence-electron chi connectivity index (χ1n) is 11.1. The van der Waals surface area contributed by atoms with E-state index >= 15 is 0 Å². The minimum atomic E-state index is -0.806. The van der Waals surface area contributed by atoms with Gasteiger partial charge in [0.2, 0.25) is 17.7 Å². The average Bonchev–Trinajstić information content (AvgIpc) is 2.70. The lowest BCUT2D eigenvalue weighted by Gasteiger charge is -2.25. The van der Waals surface area contributed by atoms with Crippen molar-refractivity contribution in [3.05, 3.63) is 47.0 Å². The SMILES string of the molecule is CC(CNC(=O)C(CC(C)C)NC(=O)C(Cc1ccccc1)NC(=O)CN)=C1CCC1. The van der Waals surface area contributed by atoms with Gasteiger partial charge in [-0.3, -0.25) is 14.4 Å². The van der Waals surface area contributed by atoms with E-state index in [4.69, 9.17) is 5.73 Å². The number of benzene rings is 1. The molecule has 7 nitrogen and oxygen atoms in total. The van der Waals surface area contributed by atoms with Gasteiger partial charge < -0.3 is 21.7 Å². The van der Waals surface area contributed by atoms with E-state index in [1.54, 1.807) is 0 Å². The Kier molecular flexibility index (Phi) is 9.72. The summed E-state index contributed by atoms with van der Waals surface area (Å²) in [6, 6.07) is 7.96. The highest BCUT2D eigenvalue weighted by atomic mass is 16.2. The summed E-state index contributed by atoms with van der Waals surface area (Å²) in [5, 5.41) is 8.50. The number of carbonyl (C=O) groups is 3. The molecule has 1 aliphatic rings. The highest BCUT2D eigenvalue weighted by Gasteiger charge is 2.27. The van der Waals surface area contributed by atoms with Crippen molar-refractivity contribution >= 4 is 17.7 Å². The smallest absolute Gasteiger partial charge is 0.243 e. The number of nitrogens with one attached hydrogen (secondary N) is 3. The molecule has 1 fully saturated rings. The minimum Gasteiger partial charge on any atom is -0.351 e. The minimum absolute atomic E-state index is 0.204. The fourth-order valence-electron chi connectivity index (χ4n) is 3.54. The maximum Gasteiger partial charge on any atom is 0.243 e. The van der Waals surface area contributed by atoms with Crippen LogP contribution in [0.1, 0.15) is 52.0 Å². The van der Waals surface area contributed by atoms with Crippen molar-refractivity contribution in [2.45, 2.75) is 65.0 Å². The van der Waals surface area contributed by atoms with E-state index in [0.29, 0.717) is 19.4 Å². The molecule has 0 bridgehead atoms. The van der Waals surface area contributed by atoms with Crippen LogP contribution in [0.25, 0.3) is 0 Å². The number of rotatable bonds is 11. The highest BCUT2D eigenvalue weighted by molar-refractivity contribution is 5.92. The lowest BCUT2D eigenvalue weighted by molar-refractivity contribution is -0.132. The van der Waals surface area contributed by atoms with Gasteiger partial charge in [0.1, 0.15) is 12.1 Å². The number of amides is 3. The molecule has 0 spiro atoms. The monoisotopic (exact) mass is 428 g/mol. The molecule has 2 unspecified atom stereocenters. The first kappa shape index (κ1) is 24.6. The topological polar surface area (TPSA) is 113 Å². The van der Waals surface area contributed by atoms with Crippen molar-refractivity contribution in [2.24, 2.45) is 11.7 Å². The van der Waals surface area contributed by atoms with Gasteiger partial charge in [-0.25, -0.2) is 0 Å². The Balaban J connectivity index is 2.06. The van der Waals surface area contributed by atoms with Crippen molar-refractivity contribution in [3.8, 4) is 0 Å². The van der Waals surface area contributed by atoms with Gasteiger partial charge in [-0.05, 0) is 44.1 Å². The third kappa shape index (κ3) is 8.17. The molecular weight excluding hydrogens is 392 g/mol. The molecule has 170 valence electrons. The number of hydrogen-bond acceptors (Lipinski definition) is 4. The molecule has 0 heterocycles. The molecular formula is C24H36N4O3. The van der Waals surface area contributed by atoms with E-state index in [2.05, 4.69) is 16.0 Å². The maximum atomic E-state index is 13.0. The predicted molar refractivity (Wildman–Crippen MR) is 122 cm³/mol. The molecule has 2 atom stereocenters. The highest BCUT2D eigenvalue weighted by Crippen LogP contribution is 2.28. The molecule has 1 aromatic rings. The fourth-order valence-corrected chi connectivity index (χ4v) is 3.54. The molecule has 2 rings (SSSR count). The number of nitrogens with two attached hydrogens (primary N) is 1. The van der Waals surface area contributed by atoms with E-state index in [9.17, 15) is 14.4 Å². The van der Waals surface area contributed by atoms with Gasteiger partial charge in [-0.2, -0.15) is 0 Å². The third-order valence-corrected chi connectivity index (χ3v) is 5.55. The average molecular weight is 429 g/mol. The maximum absolute atomic E-state index is 13.0. The van der Waals surface area contributed by atoms with Crippen LogP contribution >= 0.6 is 0 Å². The summed E-state index contributed by atoms with van der Waals surface area (Å²) in [5.74, 6) is -0.789. The molecule has 31 heavy (non-hydrogen) atoms. The van der Waals surface area contributed by atoms with Gasteiger partial charge in [0, 0.05) is 13.0 Å². The summed E-state index contributed by atoms with van der Waals surface area (Å²) in [6.07, 6.45) is 4.26. The summed E-state index contributed by atoms with van der Waals surface area (Å²) in [5.41, 5.74) is 8.95. The summed E-state index contributed by atoms with van der Waals surface area (Å²) in [4.78, 5) is 37.8. The van der Waals surface area contributed by atoms with Crippen LogP contribution < -0.4 is 21.7 Å². The van der Waals surface area contributed by atoms with Crippen molar-refractivity contribution < 1.29 is 14.4 Å². The summed E-state index contributed by atoms with van der Waals surface area (Å²) < 4.78 is 0. The molecule has 0 saturated heterocycles. The normalized spacial score (nSPS) is 14.9. The van der Waals surface area contributed by atoms with E-state index in [0.717, 1.165) is 18.4 Å². The second-order valence-corrected chi connectivity index (χ2v) is 8.66. The third-order valence-electron chi connectivity index (χ3n) is 5.55. The van der Waals surface area contributed by atoms with E-state index in [1.807, 2.05) is 51.1 Å².